The molecule has 0 aliphatic carbocycles. The maximum atomic E-state index is 13.4. The fourth-order valence-corrected chi connectivity index (χ4v) is 3.20. The van der Waals surface area contributed by atoms with Crippen LogP contribution in [0.2, 0.25) is 0 Å². The van der Waals surface area contributed by atoms with Gasteiger partial charge in [-0.15, -0.1) is 0 Å². The average Bonchev–Trinajstić information content (AvgIpc) is 3.12. The third kappa shape index (κ3) is 4.11. The Balaban J connectivity index is 1.69. The minimum atomic E-state index is -4.66. The molecular formula is C22H16F4N4O. The molecule has 2 aromatic carbocycles. The summed E-state index contributed by atoms with van der Waals surface area (Å²) in [6.45, 7) is 3.25. The number of hydrogen-bond donors (Lipinski definition) is 1. The van der Waals surface area contributed by atoms with E-state index in [1.165, 1.54) is 23.6 Å². The smallest absolute Gasteiger partial charge is 0.322 e. The Labute approximate surface area is 174 Å². The number of benzene rings is 2. The average molecular weight is 428 g/mol. The topological polar surface area (TPSA) is 59.3 Å². The van der Waals surface area contributed by atoms with Crippen molar-refractivity contribution in [2.45, 2.75) is 20.0 Å². The lowest BCUT2D eigenvalue weighted by atomic mass is 10.0. The maximum absolute atomic E-state index is 13.4. The van der Waals surface area contributed by atoms with Crippen molar-refractivity contribution in [1.29, 1.82) is 0 Å². The van der Waals surface area contributed by atoms with Crippen molar-refractivity contribution < 1.29 is 22.4 Å². The molecule has 0 atom stereocenters. The first kappa shape index (κ1) is 20.5. The van der Waals surface area contributed by atoms with Crippen LogP contribution < -0.4 is 5.32 Å². The van der Waals surface area contributed by atoms with Gasteiger partial charge >= 0.3 is 6.18 Å². The molecule has 0 aliphatic rings. The van der Waals surface area contributed by atoms with Gasteiger partial charge < -0.3 is 5.32 Å². The van der Waals surface area contributed by atoms with Crippen molar-refractivity contribution in [3.05, 3.63) is 83.1 Å². The summed E-state index contributed by atoms with van der Waals surface area (Å²) in [5, 5.41) is 2.56. The van der Waals surface area contributed by atoms with E-state index in [1.807, 2.05) is 0 Å². The van der Waals surface area contributed by atoms with Crippen LogP contribution in [0.1, 0.15) is 27.0 Å². The van der Waals surface area contributed by atoms with Crippen LogP contribution in [0.25, 0.3) is 17.0 Å². The normalized spacial score (nSPS) is 11.7. The van der Waals surface area contributed by atoms with Crippen molar-refractivity contribution in [1.82, 2.24) is 14.4 Å². The van der Waals surface area contributed by atoms with Gasteiger partial charge in [0.1, 0.15) is 0 Å². The second-order valence-corrected chi connectivity index (χ2v) is 7.14. The maximum Gasteiger partial charge on any atom is 0.417 e. The predicted octanol–water partition coefficient (Wildman–Crippen LogP) is 5.42. The minimum absolute atomic E-state index is 0.289. The molecule has 0 spiro atoms. The largest absolute Gasteiger partial charge is 0.417 e. The number of alkyl halides is 3. The van der Waals surface area contributed by atoms with Crippen molar-refractivity contribution in [2.24, 2.45) is 0 Å². The Morgan fingerprint density at radius 2 is 1.84 bits per heavy atom. The van der Waals surface area contributed by atoms with Gasteiger partial charge in [0.25, 0.3) is 5.91 Å². The molecule has 0 unspecified atom stereocenters. The highest BCUT2D eigenvalue weighted by Gasteiger charge is 2.35. The summed E-state index contributed by atoms with van der Waals surface area (Å²) in [6, 6.07) is 8.62. The number of anilines is 1. The third-order valence-corrected chi connectivity index (χ3v) is 4.79. The number of hydrogen-bond acceptors (Lipinski definition) is 3. The first-order valence-corrected chi connectivity index (χ1v) is 9.22. The first-order valence-electron chi connectivity index (χ1n) is 9.22. The molecule has 9 heteroatoms. The van der Waals surface area contributed by atoms with Crippen molar-refractivity contribution in [3.8, 4) is 11.3 Å². The molecule has 2 aromatic heterocycles. The van der Waals surface area contributed by atoms with Crippen LogP contribution in [-0.2, 0) is 6.18 Å². The molecule has 0 fully saturated rings. The van der Waals surface area contributed by atoms with Gasteiger partial charge in [-0.3, -0.25) is 9.20 Å². The van der Waals surface area contributed by atoms with Crippen LogP contribution >= 0.6 is 0 Å². The quantitative estimate of drug-likeness (QED) is 0.443. The van der Waals surface area contributed by atoms with Gasteiger partial charge in [-0.2, -0.15) is 13.2 Å². The zero-order valence-corrected chi connectivity index (χ0v) is 16.5. The molecule has 158 valence electrons. The number of nitrogens with one attached hydrogen (secondary N) is 1. The van der Waals surface area contributed by atoms with Gasteiger partial charge in [0, 0.05) is 23.6 Å². The number of amides is 1. The molecular weight excluding hydrogens is 412 g/mol. The van der Waals surface area contributed by atoms with Crippen LogP contribution in [0.5, 0.6) is 0 Å². The van der Waals surface area contributed by atoms with Crippen molar-refractivity contribution >= 4 is 17.4 Å². The van der Waals surface area contributed by atoms with E-state index in [4.69, 9.17) is 0 Å². The number of rotatable bonds is 3. The summed E-state index contributed by atoms with van der Waals surface area (Å²) in [5.74, 6) is -1.10. The van der Waals surface area contributed by atoms with Crippen molar-refractivity contribution in [2.75, 3.05) is 5.32 Å². The van der Waals surface area contributed by atoms with Gasteiger partial charge in [-0.05, 0) is 37.6 Å². The SMILES string of the molecule is Cc1ccc(C(=O)Nc2cc(-c3cn4cc(F)cnc4n3)ccc2C)c(C(F)(F)F)c1. The number of halogens is 4. The molecule has 1 amide bonds. The number of aromatic nitrogens is 3. The highest BCUT2D eigenvalue weighted by molar-refractivity contribution is 6.06. The highest BCUT2D eigenvalue weighted by Crippen LogP contribution is 2.33. The molecule has 0 aliphatic heterocycles. The Kier molecular flexibility index (Phi) is 4.96. The lowest BCUT2D eigenvalue weighted by Gasteiger charge is -2.15. The van der Waals surface area contributed by atoms with E-state index >= 15 is 0 Å². The number of nitrogens with zero attached hydrogens (tertiary/aromatic N) is 3. The Bertz CT molecular complexity index is 1310. The molecule has 2 heterocycles. The minimum Gasteiger partial charge on any atom is -0.322 e. The van der Waals surface area contributed by atoms with Gasteiger partial charge in [0.2, 0.25) is 5.78 Å². The summed E-state index contributed by atoms with van der Waals surface area (Å²) in [6.07, 6.45) is -0.809. The molecule has 0 saturated heterocycles. The zero-order chi connectivity index (χ0) is 22.3. The van der Waals surface area contributed by atoms with E-state index in [9.17, 15) is 22.4 Å². The third-order valence-electron chi connectivity index (χ3n) is 4.79. The van der Waals surface area contributed by atoms with Crippen LogP contribution in [0.4, 0.5) is 23.2 Å². The molecule has 31 heavy (non-hydrogen) atoms. The second kappa shape index (κ2) is 7.50. The first-order chi connectivity index (χ1) is 14.6. The van der Waals surface area contributed by atoms with Gasteiger partial charge in [0.05, 0.1) is 23.0 Å². The van der Waals surface area contributed by atoms with Crippen LogP contribution in [0.3, 0.4) is 0 Å². The van der Waals surface area contributed by atoms with Crippen LogP contribution in [0, 0.1) is 19.7 Å². The van der Waals surface area contributed by atoms with Gasteiger partial charge in [-0.25, -0.2) is 14.4 Å². The fourth-order valence-electron chi connectivity index (χ4n) is 3.20. The van der Waals surface area contributed by atoms with Crippen LogP contribution in [-0.4, -0.2) is 20.3 Å². The van der Waals surface area contributed by atoms with E-state index in [0.717, 1.165) is 18.3 Å². The summed E-state index contributed by atoms with van der Waals surface area (Å²) in [7, 11) is 0. The van der Waals surface area contributed by atoms with E-state index in [2.05, 4.69) is 15.3 Å². The van der Waals surface area contributed by atoms with E-state index < -0.39 is 29.0 Å². The Morgan fingerprint density at radius 1 is 1.06 bits per heavy atom. The van der Waals surface area contributed by atoms with E-state index in [-0.39, 0.29) is 5.78 Å². The Hall–Kier alpha value is -3.75. The number of carbonyl (C=O) groups excluding carboxylic acids is 1. The molecule has 0 saturated carbocycles. The number of fused-ring (bicyclic) bond motifs is 1. The molecule has 4 aromatic rings. The summed E-state index contributed by atoms with van der Waals surface area (Å²) in [5.41, 5.74) is 1.01. The monoisotopic (exact) mass is 428 g/mol. The molecule has 1 N–H and O–H groups in total. The number of aryl methyl sites for hydroxylation is 2. The van der Waals surface area contributed by atoms with E-state index in [1.54, 1.807) is 31.3 Å². The fraction of sp³-hybridized carbons (Fsp3) is 0.136. The van der Waals surface area contributed by atoms with Gasteiger partial charge in [0.15, 0.2) is 5.82 Å². The highest BCUT2D eigenvalue weighted by atomic mass is 19.4. The number of imidazole rings is 1. The summed E-state index contributed by atoms with van der Waals surface area (Å²) in [4.78, 5) is 20.9. The van der Waals surface area contributed by atoms with Crippen LogP contribution in [0.15, 0.2) is 55.0 Å². The van der Waals surface area contributed by atoms with E-state index in [0.29, 0.717) is 28.1 Å². The Morgan fingerprint density at radius 3 is 2.58 bits per heavy atom. The summed E-state index contributed by atoms with van der Waals surface area (Å²) < 4.78 is 55.0. The zero-order valence-electron chi connectivity index (χ0n) is 16.5. The van der Waals surface area contributed by atoms with Gasteiger partial charge in [-0.1, -0.05) is 23.8 Å². The molecule has 4 rings (SSSR count). The molecule has 0 bridgehead atoms. The summed E-state index contributed by atoms with van der Waals surface area (Å²) >= 11 is 0. The lowest BCUT2D eigenvalue weighted by molar-refractivity contribution is -0.137. The molecule has 5 nitrogen and oxygen atoms in total. The number of carbonyl (C=O) groups is 1. The molecule has 0 radical (unpaired) electrons. The van der Waals surface area contributed by atoms with Crippen molar-refractivity contribution in [3.63, 3.8) is 0 Å². The standard InChI is InChI=1S/C22H16F4N4O/c1-12-3-6-16(17(7-12)22(24,25)26)20(31)28-18-8-14(5-4-13(18)2)19-11-30-10-15(23)9-27-21(30)29-19/h3-11H,1-2H3,(H,28,31). The predicted molar refractivity (Wildman–Crippen MR) is 107 cm³/mol. The second-order valence-electron chi connectivity index (χ2n) is 7.14. The lowest BCUT2D eigenvalue weighted by Crippen LogP contribution is -2.19.